The summed E-state index contributed by atoms with van der Waals surface area (Å²) >= 11 is 6.48. The lowest BCUT2D eigenvalue weighted by molar-refractivity contribution is 0.141. The number of carbonyl (C=O) groups is 1. The predicted molar refractivity (Wildman–Crippen MR) is 127 cm³/mol. The van der Waals surface area contributed by atoms with Crippen molar-refractivity contribution >= 4 is 39.2 Å². The Hall–Kier alpha value is -3.17. The number of aryl methyl sites for hydroxylation is 1. The number of hydrogen-bond donors (Lipinski definition) is 1. The van der Waals surface area contributed by atoms with Crippen molar-refractivity contribution in [3.8, 4) is 0 Å². The maximum Gasteiger partial charge on any atom is 0.425 e. The van der Waals surface area contributed by atoms with Crippen molar-refractivity contribution in [2.75, 3.05) is 18.4 Å². The molecule has 2 atom stereocenters. The van der Waals surface area contributed by atoms with Crippen LogP contribution in [-0.2, 0) is 14.3 Å². The van der Waals surface area contributed by atoms with E-state index in [0.29, 0.717) is 12.1 Å². The minimum Gasteiger partial charge on any atom is -0.355 e. The predicted octanol–water partition coefficient (Wildman–Crippen LogP) is 5.19. The zero-order valence-corrected chi connectivity index (χ0v) is 19.9. The third-order valence-corrected chi connectivity index (χ3v) is 7.23. The van der Waals surface area contributed by atoms with Gasteiger partial charge in [0.05, 0.1) is 5.38 Å². The lowest BCUT2D eigenvalue weighted by atomic mass is 9.89. The zero-order chi connectivity index (χ0) is 24.3. The highest BCUT2D eigenvalue weighted by Gasteiger charge is 2.34. The first-order chi connectivity index (χ1) is 16.2. The number of aromatic nitrogens is 1. The standard InChI is InChI=1S/C24H23ClFN3O4S/c1-16-4-2-3-5-22(16)28-19-10-12-27-23(14-19)34(31,32)33-24(30)29-13-11-20(21(25)15-29)17-6-8-18(26)9-7-17/h2-10,12,14,20-21H,11,13,15H2,1H3,(H,27,28). The zero-order valence-electron chi connectivity index (χ0n) is 18.3. The molecule has 0 bridgehead atoms. The molecule has 4 rings (SSSR count). The summed E-state index contributed by atoms with van der Waals surface area (Å²) in [6.45, 7) is 2.27. The van der Waals surface area contributed by atoms with E-state index in [4.69, 9.17) is 15.8 Å². The number of hydrogen-bond acceptors (Lipinski definition) is 6. The van der Waals surface area contributed by atoms with Gasteiger partial charge >= 0.3 is 16.2 Å². The number of nitrogens with zero attached hydrogens (tertiary/aromatic N) is 2. The molecule has 0 saturated carbocycles. The van der Waals surface area contributed by atoms with Gasteiger partial charge in [-0.3, -0.25) is 0 Å². The normalized spacial score (nSPS) is 18.4. The molecule has 2 unspecified atom stereocenters. The highest BCUT2D eigenvalue weighted by molar-refractivity contribution is 7.87. The summed E-state index contributed by atoms with van der Waals surface area (Å²) in [5, 5.41) is 2.27. The molecule has 1 aromatic heterocycles. The highest BCUT2D eigenvalue weighted by atomic mass is 35.5. The van der Waals surface area contributed by atoms with Gasteiger partial charge < -0.3 is 14.4 Å². The Morgan fingerprint density at radius 2 is 1.91 bits per heavy atom. The molecule has 3 aromatic rings. The Kier molecular flexibility index (Phi) is 7.04. The van der Waals surface area contributed by atoms with E-state index in [-0.39, 0.29) is 29.9 Å². The van der Waals surface area contributed by atoms with Crippen molar-refractivity contribution in [2.24, 2.45) is 0 Å². The molecule has 10 heteroatoms. The van der Waals surface area contributed by atoms with Crippen LogP contribution in [0.2, 0.25) is 0 Å². The van der Waals surface area contributed by atoms with E-state index in [0.717, 1.165) is 16.8 Å². The molecule has 7 nitrogen and oxygen atoms in total. The number of nitrogens with one attached hydrogen (secondary N) is 1. The number of carbonyl (C=O) groups excluding carboxylic acids is 1. The minimum absolute atomic E-state index is 0.0891. The molecule has 1 aliphatic rings. The number of halogens is 2. The van der Waals surface area contributed by atoms with Crippen molar-refractivity contribution in [3.05, 3.63) is 83.8 Å². The number of piperidine rings is 1. The van der Waals surface area contributed by atoms with Gasteiger partial charge in [0.1, 0.15) is 5.82 Å². The largest absolute Gasteiger partial charge is 0.425 e. The first kappa shape index (κ1) is 24.0. The number of amides is 1. The van der Waals surface area contributed by atoms with Gasteiger partial charge in [0.25, 0.3) is 0 Å². The number of para-hydroxylation sites is 1. The molecular formula is C24H23ClFN3O4S. The minimum atomic E-state index is -4.45. The van der Waals surface area contributed by atoms with Gasteiger partial charge in [0, 0.05) is 42.6 Å². The lowest BCUT2D eigenvalue weighted by Gasteiger charge is -2.35. The third-order valence-electron chi connectivity index (χ3n) is 5.69. The average molecular weight is 504 g/mol. The molecule has 0 aliphatic carbocycles. The molecule has 2 aromatic carbocycles. The molecule has 0 radical (unpaired) electrons. The van der Waals surface area contributed by atoms with Gasteiger partial charge in [-0.2, -0.15) is 8.42 Å². The van der Waals surface area contributed by atoms with Crippen LogP contribution in [0.3, 0.4) is 0 Å². The van der Waals surface area contributed by atoms with E-state index in [1.165, 1.54) is 29.3 Å². The maximum absolute atomic E-state index is 13.2. The van der Waals surface area contributed by atoms with Crippen LogP contribution < -0.4 is 5.32 Å². The van der Waals surface area contributed by atoms with Gasteiger partial charge in [-0.1, -0.05) is 30.3 Å². The fourth-order valence-electron chi connectivity index (χ4n) is 3.84. The Labute approximate surface area is 202 Å². The Morgan fingerprint density at radius 3 is 2.62 bits per heavy atom. The van der Waals surface area contributed by atoms with Gasteiger partial charge in [-0.25, -0.2) is 14.2 Å². The highest BCUT2D eigenvalue weighted by Crippen LogP contribution is 2.32. The smallest absolute Gasteiger partial charge is 0.355 e. The number of rotatable bonds is 5. The Morgan fingerprint density at radius 1 is 1.18 bits per heavy atom. The number of likely N-dealkylation sites (tertiary alicyclic amines) is 1. The number of benzene rings is 2. The van der Waals surface area contributed by atoms with Crippen LogP contribution in [0.5, 0.6) is 0 Å². The molecular weight excluding hydrogens is 481 g/mol. The number of alkyl halides is 1. The van der Waals surface area contributed by atoms with Crippen molar-refractivity contribution in [3.63, 3.8) is 0 Å². The first-order valence-corrected chi connectivity index (χ1v) is 12.5. The fraction of sp³-hybridized carbons (Fsp3) is 0.250. The van der Waals surface area contributed by atoms with E-state index < -0.39 is 21.6 Å². The molecule has 1 amide bonds. The Bertz CT molecular complexity index is 1290. The first-order valence-electron chi connectivity index (χ1n) is 10.6. The summed E-state index contributed by atoms with van der Waals surface area (Å²) in [5.41, 5.74) is 3.14. The quantitative estimate of drug-likeness (QED) is 0.380. The topological polar surface area (TPSA) is 88.6 Å². The average Bonchev–Trinajstić information content (AvgIpc) is 2.81. The van der Waals surface area contributed by atoms with Crippen LogP contribution >= 0.6 is 11.6 Å². The van der Waals surface area contributed by atoms with Crippen LogP contribution in [-0.4, -0.2) is 42.9 Å². The van der Waals surface area contributed by atoms with Crippen molar-refractivity contribution < 1.29 is 21.8 Å². The van der Waals surface area contributed by atoms with Gasteiger partial charge in [0.15, 0.2) is 5.03 Å². The summed E-state index contributed by atoms with van der Waals surface area (Å²) in [4.78, 5) is 17.7. The summed E-state index contributed by atoms with van der Waals surface area (Å²) in [7, 11) is -4.45. The van der Waals surface area contributed by atoms with Crippen LogP contribution in [0.4, 0.5) is 20.6 Å². The number of anilines is 2. The van der Waals surface area contributed by atoms with E-state index >= 15 is 0 Å². The monoisotopic (exact) mass is 503 g/mol. The van der Waals surface area contributed by atoms with Crippen LogP contribution in [0.15, 0.2) is 71.9 Å². The molecule has 1 saturated heterocycles. The van der Waals surface area contributed by atoms with Crippen LogP contribution in [0.25, 0.3) is 0 Å². The van der Waals surface area contributed by atoms with Crippen LogP contribution in [0, 0.1) is 12.7 Å². The van der Waals surface area contributed by atoms with E-state index in [9.17, 15) is 17.6 Å². The van der Waals surface area contributed by atoms with Gasteiger partial charge in [0.2, 0.25) is 0 Å². The lowest BCUT2D eigenvalue weighted by Crippen LogP contribution is -2.44. The SMILES string of the molecule is Cc1ccccc1Nc1ccnc(S(=O)(=O)OC(=O)N2CCC(c3ccc(F)cc3)C(Cl)C2)c1. The fourth-order valence-corrected chi connectivity index (χ4v) is 5.12. The van der Waals surface area contributed by atoms with Gasteiger partial charge in [-0.05, 0) is 48.7 Å². The van der Waals surface area contributed by atoms with Crippen molar-refractivity contribution in [2.45, 2.75) is 29.7 Å². The molecule has 178 valence electrons. The molecule has 1 fully saturated rings. The summed E-state index contributed by atoms with van der Waals surface area (Å²) in [6.07, 6.45) is 0.801. The Balaban J connectivity index is 1.42. The second kappa shape index (κ2) is 9.99. The van der Waals surface area contributed by atoms with Crippen LogP contribution in [0.1, 0.15) is 23.5 Å². The third kappa shape index (κ3) is 5.48. The maximum atomic E-state index is 13.2. The van der Waals surface area contributed by atoms with Crippen molar-refractivity contribution in [1.82, 2.24) is 9.88 Å². The summed E-state index contributed by atoms with van der Waals surface area (Å²) in [5.74, 6) is -0.429. The van der Waals surface area contributed by atoms with E-state index in [1.807, 2.05) is 31.2 Å². The molecule has 0 spiro atoms. The molecule has 2 heterocycles. The molecule has 34 heavy (non-hydrogen) atoms. The summed E-state index contributed by atoms with van der Waals surface area (Å²) in [6, 6.07) is 16.5. The summed E-state index contributed by atoms with van der Waals surface area (Å²) < 4.78 is 43.5. The number of pyridine rings is 1. The second-order valence-electron chi connectivity index (χ2n) is 8.03. The van der Waals surface area contributed by atoms with E-state index in [1.54, 1.807) is 18.2 Å². The van der Waals surface area contributed by atoms with Gasteiger partial charge in [-0.15, -0.1) is 11.6 Å². The second-order valence-corrected chi connectivity index (χ2v) is 10.1. The molecule has 1 N–H and O–H groups in total. The molecule has 1 aliphatic heterocycles. The van der Waals surface area contributed by atoms with Crippen molar-refractivity contribution in [1.29, 1.82) is 0 Å². The van der Waals surface area contributed by atoms with E-state index in [2.05, 4.69) is 10.3 Å².